The van der Waals surface area contributed by atoms with Gasteiger partial charge in [0.15, 0.2) is 5.82 Å². The Balaban J connectivity index is 0.000000838. The lowest BCUT2D eigenvalue weighted by molar-refractivity contribution is -0.192. The van der Waals surface area contributed by atoms with Gasteiger partial charge in [-0.1, -0.05) is 24.4 Å². The molecule has 1 aliphatic carbocycles. The summed E-state index contributed by atoms with van der Waals surface area (Å²) in [5.41, 5.74) is -0.896. The lowest BCUT2D eigenvalue weighted by Crippen LogP contribution is -2.52. The molecule has 49 heavy (non-hydrogen) atoms. The predicted molar refractivity (Wildman–Crippen MR) is 164 cm³/mol. The zero-order chi connectivity index (χ0) is 37.1. The highest BCUT2D eigenvalue weighted by Crippen LogP contribution is 2.43. The Kier molecular flexibility index (Phi) is 11.9. The minimum atomic E-state index is -5.18. The first-order chi connectivity index (χ1) is 22.4. The Morgan fingerprint density at radius 2 is 1.69 bits per heavy atom. The Morgan fingerprint density at radius 3 is 2.22 bits per heavy atom. The van der Waals surface area contributed by atoms with Gasteiger partial charge in [0, 0.05) is 23.3 Å². The minimum absolute atomic E-state index is 0.0664. The third kappa shape index (κ3) is 10.2. The zero-order valence-corrected chi connectivity index (χ0v) is 27.8. The number of aliphatic carboxylic acids is 1. The van der Waals surface area contributed by atoms with Gasteiger partial charge < -0.3 is 30.7 Å². The van der Waals surface area contributed by atoms with Crippen LogP contribution in [-0.4, -0.2) is 90.5 Å². The number of hydrogen-bond donors (Lipinski definition) is 5. The van der Waals surface area contributed by atoms with Crippen LogP contribution in [0.3, 0.4) is 0 Å². The third-order valence-corrected chi connectivity index (χ3v) is 8.43. The molecule has 2 atom stereocenters. The molecule has 1 aliphatic heterocycles. The molecule has 2 heterocycles. The van der Waals surface area contributed by atoms with Gasteiger partial charge in [-0.2, -0.15) is 31.3 Å². The van der Waals surface area contributed by atoms with E-state index in [1.54, 1.807) is 0 Å². The molecule has 0 unspecified atom stereocenters. The summed E-state index contributed by atoms with van der Waals surface area (Å²) in [5.74, 6) is -5.21. The van der Waals surface area contributed by atoms with Crippen molar-refractivity contribution in [2.45, 2.75) is 69.5 Å². The molecule has 1 fully saturated rings. The largest absolute Gasteiger partial charge is 0.495 e. The van der Waals surface area contributed by atoms with E-state index >= 15 is 0 Å². The molecule has 0 radical (unpaired) electrons. The standard InChI is InChI=1S/C25H31ClF3N7O5S.C2HF3O2/c1-24(2)13-9-19(41-3)18(10-17(13)31-20(37)12-36(24)22(38)25(27,28)29)33-23-30-11-14(26)21(34-23)32-15-7-5-6-8-16(15)35-42(4,39)40;3-2(4,5)1(6)7/h9-11,15-16,35H,5-8,12H2,1-4H3,(H,31,37)(H2,30,32,33,34);(H,6,7)/t15-,16-;/m1./s1. The van der Waals surface area contributed by atoms with Crippen molar-refractivity contribution in [1.82, 2.24) is 19.6 Å². The summed E-state index contributed by atoms with van der Waals surface area (Å²) in [5, 5.41) is 16.1. The van der Waals surface area contributed by atoms with Crippen molar-refractivity contribution in [3.05, 3.63) is 28.9 Å². The number of anilines is 4. The minimum Gasteiger partial charge on any atom is -0.495 e. The van der Waals surface area contributed by atoms with Crippen LogP contribution in [0, 0.1) is 0 Å². The number of ether oxygens (including phenoxy) is 1. The fourth-order valence-electron chi connectivity index (χ4n) is 5.16. The molecule has 5 N–H and O–H groups in total. The number of fused-ring (bicyclic) bond motifs is 1. The first-order valence-electron chi connectivity index (χ1n) is 14.2. The van der Waals surface area contributed by atoms with Crippen molar-refractivity contribution in [3.8, 4) is 5.75 Å². The maximum absolute atomic E-state index is 13.4. The van der Waals surface area contributed by atoms with Crippen LogP contribution < -0.4 is 25.4 Å². The van der Waals surface area contributed by atoms with Crippen LogP contribution in [0.5, 0.6) is 5.75 Å². The molecule has 0 saturated heterocycles. The van der Waals surface area contributed by atoms with E-state index in [0.29, 0.717) is 17.7 Å². The van der Waals surface area contributed by atoms with Crippen molar-refractivity contribution < 1.29 is 59.0 Å². The van der Waals surface area contributed by atoms with Crippen LogP contribution in [-0.2, 0) is 29.9 Å². The normalized spacial score (nSPS) is 19.3. The monoisotopic (exact) mass is 747 g/mol. The fourth-order valence-corrected chi connectivity index (χ4v) is 6.13. The van der Waals surface area contributed by atoms with Crippen molar-refractivity contribution in [1.29, 1.82) is 0 Å². The summed E-state index contributed by atoms with van der Waals surface area (Å²) in [4.78, 5) is 42.8. The number of carboxylic acid groups (broad SMARTS) is 1. The third-order valence-electron chi connectivity index (χ3n) is 7.42. The summed E-state index contributed by atoms with van der Waals surface area (Å²) in [7, 11) is -2.09. The molecular weight excluding hydrogens is 716 g/mol. The highest BCUT2D eigenvalue weighted by Gasteiger charge is 2.50. The van der Waals surface area contributed by atoms with Gasteiger partial charge in [0.25, 0.3) is 0 Å². The van der Waals surface area contributed by atoms with E-state index in [4.69, 9.17) is 26.2 Å². The van der Waals surface area contributed by atoms with Gasteiger partial charge in [-0.05, 0) is 38.8 Å². The molecule has 0 bridgehead atoms. The Hall–Kier alpha value is -4.11. The summed E-state index contributed by atoms with van der Waals surface area (Å²) in [6.07, 6.45) is -4.75. The Labute approximate surface area is 281 Å². The summed E-state index contributed by atoms with van der Waals surface area (Å²) in [6.45, 7) is 2.00. The van der Waals surface area contributed by atoms with Gasteiger partial charge in [0.05, 0.1) is 30.8 Å². The molecule has 2 amide bonds. The SMILES string of the molecule is COc1cc2c(cc1Nc1ncc(Cl)c(N[C@@H]3CCCC[C@H]3NS(C)(=O)=O)n1)NC(=O)CN(C(=O)C(F)(F)F)C2(C)C.O=C(O)C(F)(F)F. The highest BCUT2D eigenvalue weighted by atomic mass is 35.5. The molecular formula is C27H32ClF6N7O7S. The van der Waals surface area contributed by atoms with Crippen molar-refractivity contribution in [2.75, 3.05) is 35.9 Å². The molecule has 4 rings (SSSR count). The number of sulfonamides is 1. The van der Waals surface area contributed by atoms with E-state index in [0.717, 1.165) is 19.1 Å². The van der Waals surface area contributed by atoms with Crippen molar-refractivity contribution in [3.63, 3.8) is 0 Å². The average molecular weight is 748 g/mol. The maximum atomic E-state index is 13.4. The zero-order valence-electron chi connectivity index (χ0n) is 26.2. The molecule has 2 aromatic rings. The van der Waals surface area contributed by atoms with Crippen molar-refractivity contribution in [2.24, 2.45) is 0 Å². The topological polar surface area (TPSA) is 192 Å². The van der Waals surface area contributed by atoms with Crippen molar-refractivity contribution >= 4 is 62.5 Å². The second-order valence-electron chi connectivity index (χ2n) is 11.4. The smallest absolute Gasteiger partial charge is 0.490 e. The second kappa shape index (κ2) is 14.8. The van der Waals surface area contributed by atoms with E-state index in [9.17, 15) is 44.3 Å². The highest BCUT2D eigenvalue weighted by molar-refractivity contribution is 7.88. The number of alkyl halides is 6. The molecule has 1 aromatic carbocycles. The predicted octanol–water partition coefficient (Wildman–Crippen LogP) is 4.37. The number of aromatic nitrogens is 2. The van der Waals surface area contributed by atoms with Crippen LogP contribution in [0.2, 0.25) is 5.02 Å². The number of methoxy groups -OCH3 is 1. The van der Waals surface area contributed by atoms with Gasteiger partial charge in [-0.15, -0.1) is 0 Å². The van der Waals surface area contributed by atoms with Gasteiger partial charge in [-0.25, -0.2) is 22.9 Å². The number of nitrogens with one attached hydrogen (secondary N) is 4. The first-order valence-corrected chi connectivity index (χ1v) is 16.5. The second-order valence-corrected chi connectivity index (χ2v) is 13.6. The molecule has 1 saturated carbocycles. The number of rotatable bonds is 7. The summed E-state index contributed by atoms with van der Waals surface area (Å²) >= 11 is 6.35. The molecule has 1 aromatic heterocycles. The number of carbonyl (C=O) groups excluding carboxylic acids is 2. The number of nitrogens with zero attached hydrogens (tertiary/aromatic N) is 3. The van der Waals surface area contributed by atoms with Gasteiger partial charge in [-0.3, -0.25) is 9.59 Å². The maximum Gasteiger partial charge on any atom is 0.490 e. The molecule has 0 spiro atoms. The summed E-state index contributed by atoms with van der Waals surface area (Å²) < 4.78 is 104. The number of carbonyl (C=O) groups is 3. The Bertz CT molecular complexity index is 1690. The number of halogens is 7. The van der Waals surface area contributed by atoms with E-state index in [-0.39, 0.29) is 51.6 Å². The lowest BCUT2D eigenvalue weighted by Gasteiger charge is -2.37. The van der Waals surface area contributed by atoms with Crippen LogP contribution >= 0.6 is 11.6 Å². The molecule has 2 aliphatic rings. The lowest BCUT2D eigenvalue weighted by atomic mass is 9.90. The molecule has 22 heteroatoms. The number of benzene rings is 1. The fraction of sp³-hybridized carbons (Fsp3) is 0.519. The molecule has 272 valence electrons. The van der Waals surface area contributed by atoms with Gasteiger partial charge in [0.2, 0.25) is 21.9 Å². The van der Waals surface area contributed by atoms with Crippen LogP contribution in [0.4, 0.5) is 49.5 Å². The first kappa shape index (κ1) is 39.3. The van der Waals surface area contributed by atoms with Gasteiger partial charge >= 0.3 is 24.2 Å². The van der Waals surface area contributed by atoms with Crippen LogP contribution in [0.15, 0.2) is 18.3 Å². The van der Waals surface area contributed by atoms with Gasteiger partial charge in [0.1, 0.15) is 17.3 Å². The van der Waals surface area contributed by atoms with Crippen LogP contribution in [0.1, 0.15) is 45.1 Å². The Morgan fingerprint density at radius 1 is 1.10 bits per heavy atom. The number of carboxylic acids is 1. The van der Waals surface area contributed by atoms with E-state index < -0.39 is 52.2 Å². The molecule has 14 nitrogen and oxygen atoms in total. The average Bonchev–Trinajstić information content (AvgIpc) is 3.06. The van der Waals surface area contributed by atoms with E-state index in [1.165, 1.54) is 39.3 Å². The number of amides is 2. The summed E-state index contributed by atoms with van der Waals surface area (Å²) in [6, 6.07) is 2.23. The number of hydrogen-bond acceptors (Lipinski definition) is 10. The van der Waals surface area contributed by atoms with E-state index in [1.807, 2.05) is 0 Å². The quantitative estimate of drug-likeness (QED) is 0.253. The van der Waals surface area contributed by atoms with E-state index in [2.05, 4.69) is 30.6 Å². The van der Waals surface area contributed by atoms with Crippen LogP contribution in [0.25, 0.3) is 0 Å².